The lowest BCUT2D eigenvalue weighted by Crippen LogP contribution is -2.61. The van der Waals surface area contributed by atoms with Crippen molar-refractivity contribution in [3.8, 4) is 0 Å². The molecule has 4 aliphatic rings. The van der Waals surface area contributed by atoms with E-state index < -0.39 is 53.2 Å². The summed E-state index contributed by atoms with van der Waals surface area (Å²) in [5.74, 6) is -3.43. The molecule has 0 spiro atoms. The van der Waals surface area contributed by atoms with Crippen LogP contribution in [0.1, 0.15) is 111 Å². The molecule has 5 atom stereocenters. The number of likely N-dealkylation sites (tertiary alicyclic amines) is 2. The third kappa shape index (κ3) is 9.10. The number of hydrogen-bond acceptors (Lipinski definition) is 7. The molecule has 13 heteroatoms. The fourth-order valence-corrected chi connectivity index (χ4v) is 7.41. The number of rotatable bonds is 12. The van der Waals surface area contributed by atoms with Crippen LogP contribution in [0, 0.1) is 23.2 Å². The highest BCUT2D eigenvalue weighted by atomic mass is 16.2. The first kappa shape index (κ1) is 36.3. The van der Waals surface area contributed by atoms with E-state index in [2.05, 4.69) is 16.0 Å². The summed E-state index contributed by atoms with van der Waals surface area (Å²) in [7, 11) is 0. The molecule has 2 saturated heterocycles. The minimum Gasteiger partial charge on any atom is -0.363 e. The Balaban J connectivity index is 1.51. The molecule has 262 valence electrons. The van der Waals surface area contributed by atoms with Crippen molar-refractivity contribution >= 4 is 41.4 Å². The quantitative estimate of drug-likeness (QED) is 0.183. The number of carbonyl (C=O) groups excluding carboxylic acids is 7. The first-order valence-electron chi connectivity index (χ1n) is 17.5. The molecule has 1 unspecified atom stereocenters. The lowest BCUT2D eigenvalue weighted by molar-refractivity contribution is -0.148. The second kappa shape index (κ2) is 15.6. The Bertz CT molecular complexity index is 1210. The van der Waals surface area contributed by atoms with Crippen molar-refractivity contribution < 1.29 is 33.6 Å². The number of piperidine rings is 1. The van der Waals surface area contributed by atoms with Crippen LogP contribution in [-0.2, 0) is 28.8 Å². The molecule has 0 aromatic carbocycles. The third-order valence-electron chi connectivity index (χ3n) is 10.7. The van der Waals surface area contributed by atoms with Crippen molar-refractivity contribution in [2.75, 3.05) is 13.1 Å². The zero-order valence-corrected chi connectivity index (χ0v) is 28.5. The fourth-order valence-electron chi connectivity index (χ4n) is 7.41. The Hall–Kier alpha value is -3.51. The molecule has 0 radical (unpaired) electrons. The second-order valence-electron chi connectivity index (χ2n) is 15.2. The number of ketones is 1. The van der Waals surface area contributed by atoms with Gasteiger partial charge in [-0.1, -0.05) is 66.2 Å². The Kier molecular flexibility index (Phi) is 12.1. The monoisotopic (exact) mass is 658 g/mol. The van der Waals surface area contributed by atoms with E-state index in [-0.39, 0.29) is 54.9 Å². The molecule has 4 rings (SSSR count). The first-order valence-corrected chi connectivity index (χ1v) is 17.5. The molecule has 4 fully saturated rings. The zero-order valence-electron chi connectivity index (χ0n) is 28.5. The molecule has 2 aliphatic heterocycles. The maximum atomic E-state index is 14.4. The normalized spacial score (nSPS) is 24.6. The van der Waals surface area contributed by atoms with E-state index in [9.17, 15) is 33.6 Å². The van der Waals surface area contributed by atoms with Crippen LogP contribution in [0.2, 0.25) is 0 Å². The van der Waals surface area contributed by atoms with E-state index in [4.69, 9.17) is 5.73 Å². The van der Waals surface area contributed by atoms with Crippen LogP contribution < -0.4 is 21.7 Å². The molecular weight excluding hydrogens is 604 g/mol. The molecule has 2 aliphatic carbocycles. The maximum Gasteiger partial charge on any atom is 0.315 e. The molecule has 0 aromatic rings. The minimum atomic E-state index is -1.10. The Morgan fingerprint density at radius 1 is 0.851 bits per heavy atom. The van der Waals surface area contributed by atoms with Crippen LogP contribution in [0.4, 0.5) is 4.79 Å². The Labute approximate surface area is 277 Å². The van der Waals surface area contributed by atoms with Crippen LogP contribution >= 0.6 is 0 Å². The predicted octanol–water partition coefficient (Wildman–Crippen LogP) is 2.15. The predicted molar refractivity (Wildman–Crippen MR) is 173 cm³/mol. The highest BCUT2D eigenvalue weighted by molar-refractivity contribution is 6.37. The fraction of sp³-hybridized carbons (Fsp3) is 0.794. The van der Waals surface area contributed by atoms with Crippen LogP contribution in [0.25, 0.3) is 0 Å². The molecule has 13 nitrogen and oxygen atoms in total. The zero-order chi connectivity index (χ0) is 34.5. The van der Waals surface area contributed by atoms with E-state index in [1.807, 2.05) is 27.7 Å². The van der Waals surface area contributed by atoms with Gasteiger partial charge in [0.1, 0.15) is 12.1 Å². The highest BCUT2D eigenvalue weighted by Crippen LogP contribution is 2.33. The van der Waals surface area contributed by atoms with Crippen molar-refractivity contribution in [3.05, 3.63) is 0 Å². The number of nitrogens with one attached hydrogen (secondary N) is 3. The van der Waals surface area contributed by atoms with Crippen molar-refractivity contribution in [1.29, 1.82) is 0 Å². The first-order chi connectivity index (χ1) is 22.2. The summed E-state index contributed by atoms with van der Waals surface area (Å²) in [4.78, 5) is 94.0. The average molecular weight is 659 g/mol. The van der Waals surface area contributed by atoms with Gasteiger partial charge in [-0.25, -0.2) is 4.79 Å². The van der Waals surface area contributed by atoms with E-state index in [1.54, 1.807) is 0 Å². The molecule has 2 heterocycles. The Morgan fingerprint density at radius 3 is 2.04 bits per heavy atom. The molecule has 0 aromatic heterocycles. The summed E-state index contributed by atoms with van der Waals surface area (Å²) in [5.41, 5.74) is 4.81. The smallest absolute Gasteiger partial charge is 0.315 e. The summed E-state index contributed by atoms with van der Waals surface area (Å²) < 4.78 is 0. The summed E-state index contributed by atoms with van der Waals surface area (Å²) in [6.45, 7) is 7.96. The van der Waals surface area contributed by atoms with Gasteiger partial charge in [0.15, 0.2) is 0 Å². The van der Waals surface area contributed by atoms with Gasteiger partial charge in [0.2, 0.25) is 29.4 Å². The van der Waals surface area contributed by atoms with Gasteiger partial charge in [0.25, 0.3) is 5.91 Å². The van der Waals surface area contributed by atoms with Crippen LogP contribution in [0.5, 0.6) is 0 Å². The topological polar surface area (TPSA) is 188 Å². The van der Waals surface area contributed by atoms with Crippen LogP contribution in [0.15, 0.2) is 0 Å². The number of primary amides is 1. The maximum absolute atomic E-state index is 14.4. The number of hydrogen-bond donors (Lipinski definition) is 4. The number of Topliss-reactive ketones (excluding diaryl/α,β-unsaturated/α-hetero) is 1. The van der Waals surface area contributed by atoms with Gasteiger partial charge >= 0.3 is 6.03 Å². The molecule has 7 amide bonds. The number of nitrogens with two attached hydrogens (primary N) is 1. The molecule has 0 bridgehead atoms. The van der Waals surface area contributed by atoms with Gasteiger partial charge in [-0.3, -0.25) is 33.7 Å². The van der Waals surface area contributed by atoms with E-state index in [0.717, 1.165) is 51.4 Å². The van der Waals surface area contributed by atoms with E-state index >= 15 is 0 Å². The lowest BCUT2D eigenvalue weighted by atomic mass is 9.80. The van der Waals surface area contributed by atoms with Crippen molar-refractivity contribution in [1.82, 2.24) is 25.8 Å². The second-order valence-corrected chi connectivity index (χ2v) is 15.2. The van der Waals surface area contributed by atoms with Gasteiger partial charge < -0.3 is 26.6 Å². The summed E-state index contributed by atoms with van der Waals surface area (Å²) >= 11 is 0. The van der Waals surface area contributed by atoms with Gasteiger partial charge in [0.05, 0.1) is 12.1 Å². The Morgan fingerprint density at radius 2 is 1.49 bits per heavy atom. The number of imide groups is 1. The number of amides is 7. The lowest BCUT2D eigenvalue weighted by Gasteiger charge is -2.38. The van der Waals surface area contributed by atoms with Crippen molar-refractivity contribution in [3.63, 3.8) is 0 Å². The van der Waals surface area contributed by atoms with Crippen LogP contribution in [0.3, 0.4) is 0 Å². The summed E-state index contributed by atoms with van der Waals surface area (Å²) in [6.07, 6.45) is 9.21. The minimum absolute atomic E-state index is 0.0363. The summed E-state index contributed by atoms with van der Waals surface area (Å²) in [6, 6.07) is -3.96. The van der Waals surface area contributed by atoms with Gasteiger partial charge in [-0.05, 0) is 55.3 Å². The molecule has 47 heavy (non-hydrogen) atoms. The summed E-state index contributed by atoms with van der Waals surface area (Å²) in [5, 5.41) is 8.65. The van der Waals surface area contributed by atoms with Gasteiger partial charge in [-0.2, -0.15) is 0 Å². The molecule has 5 N–H and O–H groups in total. The van der Waals surface area contributed by atoms with E-state index in [0.29, 0.717) is 25.8 Å². The van der Waals surface area contributed by atoms with E-state index in [1.165, 1.54) is 9.80 Å². The number of nitrogens with zero attached hydrogens (tertiary/aromatic N) is 2. The molecule has 2 saturated carbocycles. The highest BCUT2D eigenvalue weighted by Gasteiger charge is 2.45. The van der Waals surface area contributed by atoms with Crippen molar-refractivity contribution in [2.45, 2.75) is 135 Å². The molecular formula is C34H54N6O7. The SMILES string of the molecule is C[C@H]1CCN(C(=O)[C@@H](NC(=O)N[C@H](CN2C(=O)CCCC2=O)C(C)(C)C)C2CCCCC2)[C@@H]1C(=O)NC(CC1CCC1)C(=O)C(N)=O. The number of carbonyl (C=O) groups is 7. The number of urea groups is 1. The van der Waals surface area contributed by atoms with Gasteiger partial charge in [-0.15, -0.1) is 0 Å². The third-order valence-corrected chi connectivity index (χ3v) is 10.7. The largest absolute Gasteiger partial charge is 0.363 e. The average Bonchev–Trinajstić information content (AvgIpc) is 3.38. The van der Waals surface area contributed by atoms with Crippen LogP contribution in [-0.4, -0.2) is 88.4 Å². The standard InChI is InChI=1S/C34H54N6O7/c1-20-16-17-39(28(20)31(45)36-23(29(43)30(35)44)18-21-10-8-11-21)32(46)27(22-12-6-5-7-13-22)38-33(47)37-24(34(2,3)4)19-40-25(41)14-9-15-26(40)42/h20-24,27-28H,5-19H2,1-4H3,(H2,35,44)(H,36,45)(H2,37,38,47)/t20-,23?,24+,27-,28-/m0/s1. The van der Waals surface area contributed by atoms with Crippen molar-refractivity contribution in [2.24, 2.45) is 28.9 Å². The van der Waals surface area contributed by atoms with Gasteiger partial charge in [0, 0.05) is 25.9 Å².